The maximum Gasteiger partial charge on any atom is 0.132 e. The van der Waals surface area contributed by atoms with E-state index in [4.69, 9.17) is 17.3 Å². The molecule has 0 aliphatic carbocycles. The standard InChI is InChI=1S/C12H15ClF2N2/c1-17-6-7(5-16)2-11(17)12-9(14)3-8(13)4-10(12)15/h3-4,7,11H,2,5-6,16H2,1H3. The van der Waals surface area contributed by atoms with E-state index >= 15 is 0 Å². The van der Waals surface area contributed by atoms with Crippen molar-refractivity contribution in [3.05, 3.63) is 34.4 Å². The van der Waals surface area contributed by atoms with Gasteiger partial charge in [-0.15, -0.1) is 0 Å². The van der Waals surface area contributed by atoms with Gasteiger partial charge in [-0.05, 0) is 38.1 Å². The zero-order valence-corrected chi connectivity index (χ0v) is 10.3. The van der Waals surface area contributed by atoms with Crippen LogP contribution in [0.1, 0.15) is 18.0 Å². The minimum absolute atomic E-state index is 0.0831. The van der Waals surface area contributed by atoms with Gasteiger partial charge in [-0.25, -0.2) is 8.78 Å². The van der Waals surface area contributed by atoms with Crippen molar-refractivity contribution in [2.45, 2.75) is 12.5 Å². The second kappa shape index (κ2) is 4.88. The van der Waals surface area contributed by atoms with Gasteiger partial charge in [0.2, 0.25) is 0 Å². The van der Waals surface area contributed by atoms with Crippen molar-refractivity contribution in [2.24, 2.45) is 11.7 Å². The van der Waals surface area contributed by atoms with E-state index in [1.54, 1.807) is 0 Å². The van der Waals surface area contributed by atoms with Crippen molar-refractivity contribution in [1.82, 2.24) is 4.90 Å². The summed E-state index contributed by atoms with van der Waals surface area (Å²) in [5.74, 6) is -0.867. The second-order valence-corrected chi connectivity index (χ2v) is 5.01. The van der Waals surface area contributed by atoms with Gasteiger partial charge in [0.05, 0.1) is 0 Å². The van der Waals surface area contributed by atoms with E-state index in [9.17, 15) is 8.78 Å². The number of benzene rings is 1. The molecule has 1 fully saturated rings. The molecule has 2 nitrogen and oxygen atoms in total. The molecule has 1 saturated heterocycles. The molecule has 2 rings (SSSR count). The van der Waals surface area contributed by atoms with Gasteiger partial charge in [0.25, 0.3) is 0 Å². The molecule has 0 radical (unpaired) electrons. The molecule has 1 aromatic rings. The van der Waals surface area contributed by atoms with Gasteiger partial charge in [0, 0.05) is 23.2 Å². The van der Waals surface area contributed by atoms with Gasteiger partial charge >= 0.3 is 0 Å². The molecule has 1 aromatic carbocycles. The molecule has 0 amide bonds. The quantitative estimate of drug-likeness (QED) is 0.886. The Labute approximate surface area is 104 Å². The third kappa shape index (κ3) is 2.44. The molecule has 1 heterocycles. The third-order valence-corrected chi connectivity index (χ3v) is 3.56. The summed E-state index contributed by atoms with van der Waals surface area (Å²) in [5.41, 5.74) is 5.71. The lowest BCUT2D eigenvalue weighted by molar-refractivity contribution is 0.299. The summed E-state index contributed by atoms with van der Waals surface area (Å²) in [6.45, 7) is 1.31. The highest BCUT2D eigenvalue weighted by Crippen LogP contribution is 2.37. The largest absolute Gasteiger partial charge is 0.330 e. The maximum atomic E-state index is 13.8. The Morgan fingerprint density at radius 3 is 2.47 bits per heavy atom. The van der Waals surface area contributed by atoms with Crippen molar-refractivity contribution in [1.29, 1.82) is 0 Å². The van der Waals surface area contributed by atoms with Crippen LogP contribution in [-0.4, -0.2) is 25.0 Å². The molecule has 0 saturated carbocycles. The number of likely N-dealkylation sites (tertiary alicyclic amines) is 1. The molecule has 1 aliphatic rings. The van der Waals surface area contributed by atoms with E-state index in [1.807, 2.05) is 11.9 Å². The van der Waals surface area contributed by atoms with Crippen LogP contribution in [0.2, 0.25) is 5.02 Å². The molecule has 2 atom stereocenters. The summed E-state index contributed by atoms with van der Waals surface area (Å²) >= 11 is 5.61. The number of hydrogen-bond donors (Lipinski definition) is 1. The van der Waals surface area contributed by atoms with Gasteiger partial charge in [-0.3, -0.25) is 4.90 Å². The minimum atomic E-state index is -0.579. The second-order valence-electron chi connectivity index (χ2n) is 4.58. The van der Waals surface area contributed by atoms with Gasteiger partial charge in [-0.2, -0.15) is 0 Å². The lowest BCUT2D eigenvalue weighted by Crippen LogP contribution is -2.21. The molecule has 2 N–H and O–H groups in total. The van der Waals surface area contributed by atoms with E-state index in [-0.39, 0.29) is 16.6 Å². The van der Waals surface area contributed by atoms with Crippen LogP contribution in [0, 0.1) is 17.6 Å². The van der Waals surface area contributed by atoms with E-state index in [2.05, 4.69) is 0 Å². The first-order valence-electron chi connectivity index (χ1n) is 5.57. The van der Waals surface area contributed by atoms with Crippen LogP contribution in [0.4, 0.5) is 8.78 Å². The smallest absolute Gasteiger partial charge is 0.132 e. The Morgan fingerprint density at radius 2 is 2.00 bits per heavy atom. The van der Waals surface area contributed by atoms with Crippen LogP contribution in [0.25, 0.3) is 0 Å². The summed E-state index contributed by atoms with van der Waals surface area (Å²) in [6.07, 6.45) is 0.683. The fraction of sp³-hybridized carbons (Fsp3) is 0.500. The Kier molecular flexibility index (Phi) is 3.66. The van der Waals surface area contributed by atoms with E-state index in [0.29, 0.717) is 18.9 Å². The summed E-state index contributed by atoms with van der Waals surface area (Å²) in [4.78, 5) is 1.94. The Bertz CT molecular complexity index is 402. The van der Waals surface area contributed by atoms with Gasteiger partial charge in [0.15, 0.2) is 0 Å². The fourth-order valence-electron chi connectivity index (χ4n) is 2.49. The van der Waals surface area contributed by atoms with Crippen LogP contribution in [0.3, 0.4) is 0 Å². The Morgan fingerprint density at radius 1 is 1.41 bits per heavy atom. The number of rotatable bonds is 2. The normalized spacial score (nSPS) is 25.5. The summed E-state index contributed by atoms with van der Waals surface area (Å²) < 4.78 is 27.6. The molecule has 17 heavy (non-hydrogen) atoms. The van der Waals surface area contributed by atoms with Gasteiger partial charge < -0.3 is 5.73 Å². The van der Waals surface area contributed by atoms with Crippen LogP contribution >= 0.6 is 11.6 Å². The van der Waals surface area contributed by atoms with Crippen molar-refractivity contribution in [3.8, 4) is 0 Å². The van der Waals surface area contributed by atoms with Crippen LogP contribution in [0.15, 0.2) is 12.1 Å². The van der Waals surface area contributed by atoms with Crippen LogP contribution in [0.5, 0.6) is 0 Å². The van der Waals surface area contributed by atoms with E-state index in [1.165, 1.54) is 0 Å². The number of nitrogens with two attached hydrogens (primary N) is 1. The Balaban J connectivity index is 2.35. The lowest BCUT2D eigenvalue weighted by atomic mass is 9.99. The maximum absolute atomic E-state index is 13.8. The summed E-state index contributed by atoms with van der Waals surface area (Å²) in [6, 6.07) is 2.06. The molecule has 2 unspecified atom stereocenters. The SMILES string of the molecule is CN1CC(CN)CC1c1c(F)cc(Cl)cc1F. The third-order valence-electron chi connectivity index (χ3n) is 3.35. The minimum Gasteiger partial charge on any atom is -0.330 e. The molecule has 5 heteroatoms. The fourth-order valence-corrected chi connectivity index (χ4v) is 2.68. The summed E-state index contributed by atoms with van der Waals surface area (Å²) in [7, 11) is 1.85. The number of hydrogen-bond acceptors (Lipinski definition) is 2. The van der Waals surface area contributed by atoms with Crippen LogP contribution < -0.4 is 5.73 Å². The zero-order chi connectivity index (χ0) is 12.6. The van der Waals surface area contributed by atoms with Crippen LogP contribution in [-0.2, 0) is 0 Å². The van der Waals surface area contributed by atoms with Crippen molar-refractivity contribution in [3.63, 3.8) is 0 Å². The molecule has 94 valence electrons. The number of nitrogens with zero attached hydrogens (tertiary/aromatic N) is 1. The molecular weight excluding hydrogens is 246 g/mol. The molecule has 0 bridgehead atoms. The molecule has 1 aliphatic heterocycles. The predicted octanol–water partition coefficient (Wildman–Crippen LogP) is 2.57. The highest BCUT2D eigenvalue weighted by molar-refractivity contribution is 6.30. The molecule has 0 aromatic heterocycles. The first kappa shape index (κ1) is 12.7. The highest BCUT2D eigenvalue weighted by Gasteiger charge is 2.33. The van der Waals surface area contributed by atoms with Gasteiger partial charge in [-0.1, -0.05) is 11.6 Å². The number of halogens is 3. The van der Waals surface area contributed by atoms with Crippen molar-refractivity contribution in [2.75, 3.05) is 20.1 Å². The average Bonchev–Trinajstić information content (AvgIpc) is 2.59. The summed E-state index contributed by atoms with van der Waals surface area (Å²) in [5, 5.41) is 0.0831. The monoisotopic (exact) mass is 260 g/mol. The molecule has 0 spiro atoms. The topological polar surface area (TPSA) is 29.3 Å². The Hall–Kier alpha value is -0.710. The first-order valence-corrected chi connectivity index (χ1v) is 5.95. The zero-order valence-electron chi connectivity index (χ0n) is 9.59. The molecular formula is C12H15ClF2N2. The predicted molar refractivity (Wildman–Crippen MR) is 63.9 cm³/mol. The van der Waals surface area contributed by atoms with Crippen molar-refractivity contribution >= 4 is 11.6 Å². The van der Waals surface area contributed by atoms with Gasteiger partial charge in [0.1, 0.15) is 11.6 Å². The van der Waals surface area contributed by atoms with Crippen molar-refractivity contribution < 1.29 is 8.78 Å². The van der Waals surface area contributed by atoms with E-state index in [0.717, 1.165) is 18.7 Å². The lowest BCUT2D eigenvalue weighted by Gasteiger charge is -2.20. The average molecular weight is 261 g/mol. The highest BCUT2D eigenvalue weighted by atomic mass is 35.5. The van der Waals surface area contributed by atoms with E-state index < -0.39 is 11.6 Å². The first-order chi connectivity index (χ1) is 8.02.